The number of esters is 1. The molecule has 1 heterocycles. The molecular formula is C31H23ClN4O6. The highest BCUT2D eigenvalue weighted by molar-refractivity contribution is 6.34. The van der Waals surface area contributed by atoms with Gasteiger partial charge in [-0.25, -0.2) is 10.2 Å². The van der Waals surface area contributed by atoms with E-state index < -0.39 is 16.8 Å². The average molecular weight is 583 g/mol. The number of para-hydroxylation sites is 1. The van der Waals surface area contributed by atoms with Crippen LogP contribution in [-0.2, 0) is 0 Å². The lowest BCUT2D eigenvalue weighted by Crippen LogP contribution is -2.19. The van der Waals surface area contributed by atoms with Crippen LogP contribution in [0.4, 0.5) is 5.69 Å². The smallest absolute Gasteiger partial charge is 0.343 e. The number of nitrogens with zero attached hydrogens (tertiary/aromatic N) is 2. The van der Waals surface area contributed by atoms with Crippen molar-refractivity contribution in [2.24, 2.45) is 5.10 Å². The molecule has 0 bridgehead atoms. The Kier molecular flexibility index (Phi) is 8.26. The second kappa shape index (κ2) is 12.4. The lowest BCUT2D eigenvalue weighted by molar-refractivity contribution is -0.384. The predicted octanol–water partition coefficient (Wildman–Crippen LogP) is 6.78. The number of ether oxygens (including phenoxy) is 2. The molecule has 0 aliphatic carbocycles. The number of non-ortho nitro benzene ring substituents is 1. The number of fused-ring (bicyclic) bond motifs is 1. The van der Waals surface area contributed by atoms with Crippen LogP contribution in [0, 0.1) is 10.1 Å². The molecule has 210 valence electrons. The molecule has 5 aromatic rings. The Balaban J connectivity index is 1.39. The lowest BCUT2D eigenvalue weighted by Gasteiger charge is -2.08. The molecule has 0 saturated carbocycles. The third kappa shape index (κ3) is 5.98. The van der Waals surface area contributed by atoms with E-state index in [1.807, 2.05) is 43.3 Å². The summed E-state index contributed by atoms with van der Waals surface area (Å²) in [5.74, 6) is -0.383. The molecule has 10 nitrogen and oxygen atoms in total. The molecule has 0 atom stereocenters. The molecule has 1 amide bonds. The van der Waals surface area contributed by atoms with E-state index >= 15 is 0 Å². The van der Waals surface area contributed by atoms with Gasteiger partial charge in [0, 0.05) is 44.7 Å². The van der Waals surface area contributed by atoms with Crippen LogP contribution in [0.3, 0.4) is 0 Å². The van der Waals surface area contributed by atoms with Gasteiger partial charge in [-0.15, -0.1) is 0 Å². The summed E-state index contributed by atoms with van der Waals surface area (Å²) >= 11 is 6.53. The summed E-state index contributed by atoms with van der Waals surface area (Å²) in [4.78, 5) is 39.5. The number of nitro benzene ring substituents is 1. The van der Waals surface area contributed by atoms with E-state index in [-0.39, 0.29) is 22.7 Å². The van der Waals surface area contributed by atoms with Gasteiger partial charge in [0.25, 0.3) is 11.6 Å². The van der Waals surface area contributed by atoms with Crippen LogP contribution in [0.1, 0.15) is 33.3 Å². The summed E-state index contributed by atoms with van der Waals surface area (Å²) in [5, 5.41) is 16.2. The number of halogens is 1. The number of carbonyl (C=O) groups is 2. The zero-order valence-electron chi connectivity index (χ0n) is 22.2. The van der Waals surface area contributed by atoms with Crippen LogP contribution < -0.4 is 14.9 Å². The monoisotopic (exact) mass is 582 g/mol. The maximum atomic E-state index is 13.4. The van der Waals surface area contributed by atoms with Crippen LogP contribution in [0.2, 0.25) is 5.02 Å². The molecule has 1 aromatic heterocycles. The number of H-pyrrole nitrogens is 1. The molecular weight excluding hydrogens is 560 g/mol. The molecule has 0 spiro atoms. The van der Waals surface area contributed by atoms with Crippen LogP contribution in [0.15, 0.2) is 96.1 Å². The number of hydrazone groups is 1. The number of hydrogen-bond donors (Lipinski definition) is 2. The molecule has 11 heteroatoms. The third-order valence-electron chi connectivity index (χ3n) is 6.26. The molecule has 0 aliphatic heterocycles. The Morgan fingerprint density at radius 1 is 1.02 bits per heavy atom. The topological polar surface area (TPSA) is 136 Å². The molecule has 0 saturated heterocycles. The number of aromatic amines is 1. The van der Waals surface area contributed by atoms with Crippen molar-refractivity contribution in [2.45, 2.75) is 6.92 Å². The van der Waals surface area contributed by atoms with Gasteiger partial charge in [-0.1, -0.05) is 41.9 Å². The molecule has 0 radical (unpaired) electrons. The Hall–Kier alpha value is -5.48. The minimum Gasteiger partial charge on any atom is -0.494 e. The van der Waals surface area contributed by atoms with E-state index in [1.54, 1.807) is 30.3 Å². The first-order valence-electron chi connectivity index (χ1n) is 12.8. The third-order valence-corrected chi connectivity index (χ3v) is 6.59. The van der Waals surface area contributed by atoms with Crippen LogP contribution >= 0.6 is 11.6 Å². The second-order valence-corrected chi connectivity index (χ2v) is 9.33. The summed E-state index contributed by atoms with van der Waals surface area (Å²) in [5.41, 5.74) is 5.17. The number of hydrogen-bond acceptors (Lipinski definition) is 7. The van der Waals surface area contributed by atoms with Crippen molar-refractivity contribution in [1.29, 1.82) is 0 Å². The van der Waals surface area contributed by atoms with Crippen molar-refractivity contribution in [3.05, 3.63) is 123 Å². The summed E-state index contributed by atoms with van der Waals surface area (Å²) in [6.45, 7) is 2.38. The van der Waals surface area contributed by atoms with Crippen molar-refractivity contribution < 1.29 is 24.0 Å². The van der Waals surface area contributed by atoms with E-state index in [9.17, 15) is 19.7 Å². The molecule has 42 heavy (non-hydrogen) atoms. The zero-order valence-corrected chi connectivity index (χ0v) is 22.9. The van der Waals surface area contributed by atoms with Gasteiger partial charge in [0.15, 0.2) is 0 Å². The van der Waals surface area contributed by atoms with Crippen molar-refractivity contribution >= 4 is 46.3 Å². The predicted molar refractivity (Wildman–Crippen MR) is 159 cm³/mol. The molecule has 4 aromatic carbocycles. The second-order valence-electron chi connectivity index (χ2n) is 8.93. The van der Waals surface area contributed by atoms with Crippen LogP contribution in [0.5, 0.6) is 11.5 Å². The number of nitro groups is 1. The fourth-order valence-electron chi connectivity index (χ4n) is 4.32. The lowest BCUT2D eigenvalue weighted by atomic mass is 10.0. The molecule has 0 unspecified atom stereocenters. The minimum atomic E-state index is -0.705. The largest absolute Gasteiger partial charge is 0.494 e. The van der Waals surface area contributed by atoms with Gasteiger partial charge in [-0.3, -0.25) is 14.9 Å². The van der Waals surface area contributed by atoms with E-state index in [0.717, 1.165) is 5.39 Å². The molecule has 0 aliphatic rings. The van der Waals surface area contributed by atoms with Gasteiger partial charge < -0.3 is 14.5 Å². The highest BCUT2D eigenvalue weighted by atomic mass is 35.5. The quantitative estimate of drug-likeness (QED) is 0.0646. The Labute approximate surface area is 244 Å². The van der Waals surface area contributed by atoms with Gasteiger partial charge in [-0.05, 0) is 55.5 Å². The first kappa shape index (κ1) is 28.1. The van der Waals surface area contributed by atoms with Gasteiger partial charge >= 0.3 is 5.97 Å². The SMILES string of the molecule is CCOc1ccc2[nH]c(C(=O)NN=Cc3ccccc3OC(=O)c3ccc([N+](=O)[O-])cc3)c(-c3ccccc3Cl)c2c1. The maximum Gasteiger partial charge on any atom is 0.343 e. The number of benzene rings is 4. The Bertz CT molecular complexity index is 1830. The first-order valence-corrected chi connectivity index (χ1v) is 13.2. The molecule has 0 fully saturated rings. The van der Waals surface area contributed by atoms with Crippen LogP contribution in [-0.4, -0.2) is 34.6 Å². The van der Waals surface area contributed by atoms with Crippen molar-refractivity contribution in [1.82, 2.24) is 10.4 Å². The van der Waals surface area contributed by atoms with E-state index in [0.29, 0.717) is 39.6 Å². The fourth-order valence-corrected chi connectivity index (χ4v) is 4.55. The number of amides is 1. The number of aromatic nitrogens is 1. The summed E-state index contributed by atoms with van der Waals surface area (Å²) in [6, 6.07) is 24.4. The maximum absolute atomic E-state index is 13.4. The van der Waals surface area contributed by atoms with E-state index in [4.69, 9.17) is 21.1 Å². The summed E-state index contributed by atoms with van der Waals surface area (Å²) in [7, 11) is 0. The van der Waals surface area contributed by atoms with Crippen LogP contribution in [0.25, 0.3) is 22.0 Å². The first-order chi connectivity index (χ1) is 20.4. The number of nitrogens with one attached hydrogen (secondary N) is 2. The summed E-state index contributed by atoms with van der Waals surface area (Å²) < 4.78 is 11.2. The molecule has 5 rings (SSSR count). The van der Waals surface area contributed by atoms with Gasteiger partial charge in [-0.2, -0.15) is 5.10 Å². The summed E-state index contributed by atoms with van der Waals surface area (Å²) in [6.07, 6.45) is 1.35. The van der Waals surface area contributed by atoms with Crippen molar-refractivity contribution in [3.63, 3.8) is 0 Å². The minimum absolute atomic E-state index is 0.138. The highest BCUT2D eigenvalue weighted by Crippen LogP contribution is 2.38. The Morgan fingerprint density at radius 3 is 2.50 bits per heavy atom. The van der Waals surface area contributed by atoms with Crippen molar-refractivity contribution in [3.8, 4) is 22.6 Å². The van der Waals surface area contributed by atoms with Gasteiger partial charge in [0.05, 0.1) is 23.3 Å². The number of carbonyl (C=O) groups excluding carboxylic acids is 2. The number of rotatable bonds is 9. The molecule has 2 N–H and O–H groups in total. The van der Waals surface area contributed by atoms with E-state index in [2.05, 4.69) is 15.5 Å². The zero-order chi connectivity index (χ0) is 29.6. The fraction of sp³-hybridized carbons (Fsp3) is 0.0645. The average Bonchev–Trinajstić information content (AvgIpc) is 3.37. The van der Waals surface area contributed by atoms with Crippen molar-refractivity contribution in [2.75, 3.05) is 6.61 Å². The Morgan fingerprint density at radius 2 is 1.76 bits per heavy atom. The highest BCUT2D eigenvalue weighted by Gasteiger charge is 2.21. The standard InChI is InChI=1S/C31H23ClN4O6/c1-2-41-22-15-16-26-24(17-22)28(23-8-4-5-9-25(23)32)29(34-26)30(37)35-33-18-20-7-3-6-10-27(20)42-31(38)19-11-13-21(14-12-19)36(39)40/h3-18,34H,2H2,1H3,(H,35,37). The van der Waals surface area contributed by atoms with Gasteiger partial charge in [0.1, 0.15) is 17.2 Å². The van der Waals surface area contributed by atoms with Gasteiger partial charge in [0.2, 0.25) is 0 Å². The van der Waals surface area contributed by atoms with E-state index in [1.165, 1.54) is 30.5 Å². The normalized spacial score (nSPS) is 11.0.